The van der Waals surface area contributed by atoms with Gasteiger partial charge in [-0.3, -0.25) is 9.59 Å². The van der Waals surface area contributed by atoms with Crippen molar-refractivity contribution in [2.24, 2.45) is 0 Å². The number of amides is 2. The van der Waals surface area contributed by atoms with Gasteiger partial charge >= 0.3 is 11.8 Å². The number of carbonyl (C=O) groups is 2. The summed E-state index contributed by atoms with van der Waals surface area (Å²) in [7, 11) is 3.85. The average molecular weight is 341 g/mol. The maximum atomic E-state index is 12.4. The molecule has 0 aliphatic heterocycles. The zero-order chi connectivity index (χ0) is 18.2. The molecule has 2 N–H and O–H groups in total. The van der Waals surface area contributed by atoms with Crippen LogP contribution < -0.4 is 10.2 Å². The minimum atomic E-state index is -0.720. The fourth-order valence-corrected chi connectivity index (χ4v) is 2.35. The summed E-state index contributed by atoms with van der Waals surface area (Å²) in [5.74, 6) is -1.39. The largest absolute Gasteiger partial charge is 0.395 e. The number of nitrogens with zero attached hydrogens (tertiary/aromatic N) is 2. The minimum absolute atomic E-state index is 0.0979. The fourth-order valence-electron chi connectivity index (χ4n) is 2.35. The van der Waals surface area contributed by atoms with Crippen molar-refractivity contribution in [1.29, 1.82) is 0 Å². The normalized spacial score (nSPS) is 10.2. The zero-order valence-corrected chi connectivity index (χ0v) is 14.5. The summed E-state index contributed by atoms with van der Waals surface area (Å²) in [5.41, 5.74) is 2.44. The molecule has 6 nitrogen and oxygen atoms in total. The van der Waals surface area contributed by atoms with Gasteiger partial charge in [0.25, 0.3) is 0 Å². The summed E-state index contributed by atoms with van der Waals surface area (Å²) in [5, 5.41) is 11.8. The van der Waals surface area contributed by atoms with Gasteiger partial charge in [-0.25, -0.2) is 0 Å². The molecule has 132 valence electrons. The molecular weight excluding hydrogens is 318 g/mol. The second kappa shape index (κ2) is 8.84. The summed E-state index contributed by atoms with van der Waals surface area (Å²) in [6, 6.07) is 16.6. The lowest BCUT2D eigenvalue weighted by molar-refractivity contribution is -0.143. The Morgan fingerprint density at radius 3 is 2.20 bits per heavy atom. The van der Waals surface area contributed by atoms with E-state index in [9.17, 15) is 14.7 Å². The smallest absolute Gasteiger partial charge is 0.313 e. The number of nitrogens with one attached hydrogen (secondary N) is 1. The van der Waals surface area contributed by atoms with Crippen molar-refractivity contribution in [3.63, 3.8) is 0 Å². The van der Waals surface area contributed by atoms with Crippen LogP contribution >= 0.6 is 0 Å². The molecule has 6 heteroatoms. The highest BCUT2D eigenvalue weighted by Crippen LogP contribution is 2.16. The van der Waals surface area contributed by atoms with Crippen molar-refractivity contribution in [3.05, 3.63) is 60.2 Å². The van der Waals surface area contributed by atoms with E-state index in [0.29, 0.717) is 5.69 Å². The Morgan fingerprint density at radius 2 is 1.64 bits per heavy atom. The number of anilines is 2. The fraction of sp³-hybridized carbons (Fsp3) is 0.263. The van der Waals surface area contributed by atoms with Crippen LogP contribution in [0.4, 0.5) is 11.4 Å². The summed E-state index contributed by atoms with van der Waals surface area (Å²) in [6.07, 6.45) is 0. The first-order chi connectivity index (χ1) is 12.0. The number of carbonyl (C=O) groups excluding carboxylic acids is 2. The second-order valence-corrected chi connectivity index (χ2v) is 5.83. The number of aliphatic hydroxyl groups is 1. The summed E-state index contributed by atoms with van der Waals surface area (Å²) >= 11 is 0. The van der Waals surface area contributed by atoms with Gasteiger partial charge in [0.2, 0.25) is 0 Å². The highest BCUT2D eigenvalue weighted by molar-refractivity contribution is 6.39. The third-order valence-corrected chi connectivity index (χ3v) is 3.71. The Balaban J connectivity index is 2.03. The molecule has 0 spiro atoms. The minimum Gasteiger partial charge on any atom is -0.395 e. The van der Waals surface area contributed by atoms with Crippen LogP contribution in [0.15, 0.2) is 54.6 Å². The first-order valence-electron chi connectivity index (χ1n) is 8.03. The molecule has 2 rings (SSSR count). The molecule has 2 aromatic carbocycles. The van der Waals surface area contributed by atoms with Gasteiger partial charge in [-0.05, 0) is 29.8 Å². The molecule has 0 aliphatic rings. The molecule has 0 atom stereocenters. The highest BCUT2D eigenvalue weighted by Gasteiger charge is 2.21. The molecule has 0 aromatic heterocycles. The molecule has 0 saturated carbocycles. The number of aliphatic hydroxyl groups excluding tert-OH is 1. The van der Waals surface area contributed by atoms with Crippen LogP contribution in [0.5, 0.6) is 0 Å². The summed E-state index contributed by atoms with van der Waals surface area (Å²) < 4.78 is 0. The Kier molecular flexibility index (Phi) is 6.54. The lowest BCUT2D eigenvalue weighted by Crippen LogP contribution is -2.40. The van der Waals surface area contributed by atoms with E-state index < -0.39 is 11.8 Å². The summed E-state index contributed by atoms with van der Waals surface area (Å²) in [4.78, 5) is 27.9. The SMILES string of the molecule is CN(C)c1ccc(NC(=O)C(=O)N(CCO)Cc2ccccc2)cc1. The van der Waals surface area contributed by atoms with E-state index >= 15 is 0 Å². The van der Waals surface area contributed by atoms with Gasteiger partial charge in [-0.1, -0.05) is 30.3 Å². The first-order valence-corrected chi connectivity index (χ1v) is 8.03. The van der Waals surface area contributed by atoms with Crippen LogP contribution in [0.2, 0.25) is 0 Å². The van der Waals surface area contributed by atoms with Gasteiger partial charge in [0, 0.05) is 38.6 Å². The van der Waals surface area contributed by atoms with Crippen molar-refractivity contribution in [1.82, 2.24) is 4.90 Å². The molecule has 0 unspecified atom stereocenters. The number of benzene rings is 2. The van der Waals surface area contributed by atoms with E-state index in [1.807, 2.05) is 61.5 Å². The molecule has 2 amide bonds. The molecule has 0 bridgehead atoms. The Bertz CT molecular complexity index is 700. The molecule has 0 heterocycles. The number of hydrogen-bond donors (Lipinski definition) is 2. The van der Waals surface area contributed by atoms with E-state index in [2.05, 4.69) is 5.32 Å². The van der Waals surface area contributed by atoms with Crippen LogP contribution in [0.1, 0.15) is 5.56 Å². The molecule has 0 saturated heterocycles. The van der Waals surface area contributed by atoms with Gasteiger partial charge in [-0.15, -0.1) is 0 Å². The van der Waals surface area contributed by atoms with Crippen molar-refractivity contribution in [2.75, 3.05) is 37.5 Å². The molecule has 0 fully saturated rings. The predicted octanol–water partition coefficient (Wildman–Crippen LogP) is 1.71. The monoisotopic (exact) mass is 341 g/mol. The number of rotatable bonds is 6. The third-order valence-electron chi connectivity index (χ3n) is 3.71. The van der Waals surface area contributed by atoms with Crippen molar-refractivity contribution in [3.8, 4) is 0 Å². The van der Waals surface area contributed by atoms with Gasteiger partial charge < -0.3 is 20.2 Å². The van der Waals surface area contributed by atoms with Crippen LogP contribution in [0.25, 0.3) is 0 Å². The molecule has 0 radical (unpaired) electrons. The van der Waals surface area contributed by atoms with Gasteiger partial charge in [0.1, 0.15) is 0 Å². The van der Waals surface area contributed by atoms with Crippen molar-refractivity contribution < 1.29 is 14.7 Å². The maximum Gasteiger partial charge on any atom is 0.313 e. The molecule has 25 heavy (non-hydrogen) atoms. The quantitative estimate of drug-likeness (QED) is 0.785. The Morgan fingerprint density at radius 1 is 1.00 bits per heavy atom. The van der Waals surface area contributed by atoms with Crippen molar-refractivity contribution in [2.45, 2.75) is 6.54 Å². The van der Waals surface area contributed by atoms with Crippen LogP contribution in [0.3, 0.4) is 0 Å². The standard InChI is InChI=1S/C19H23N3O3/c1-21(2)17-10-8-16(9-11-17)20-18(24)19(25)22(12-13-23)14-15-6-4-3-5-7-15/h3-11,23H,12-14H2,1-2H3,(H,20,24). The first kappa shape index (κ1) is 18.5. The lowest BCUT2D eigenvalue weighted by Gasteiger charge is -2.21. The lowest BCUT2D eigenvalue weighted by atomic mass is 10.2. The van der Waals surface area contributed by atoms with Crippen LogP contribution in [-0.2, 0) is 16.1 Å². The van der Waals surface area contributed by atoms with Crippen molar-refractivity contribution >= 4 is 23.2 Å². The van der Waals surface area contributed by atoms with Crippen LogP contribution in [-0.4, -0.2) is 49.1 Å². The van der Waals surface area contributed by atoms with E-state index in [1.54, 1.807) is 12.1 Å². The predicted molar refractivity (Wildman–Crippen MR) is 98.3 cm³/mol. The van der Waals surface area contributed by atoms with Gasteiger partial charge in [-0.2, -0.15) is 0 Å². The maximum absolute atomic E-state index is 12.4. The number of hydrogen-bond acceptors (Lipinski definition) is 4. The Labute approximate surface area is 147 Å². The second-order valence-electron chi connectivity index (χ2n) is 5.83. The third kappa shape index (κ3) is 5.32. The van der Waals surface area contributed by atoms with Gasteiger partial charge in [0.15, 0.2) is 0 Å². The van der Waals surface area contributed by atoms with E-state index in [4.69, 9.17) is 0 Å². The Hall–Kier alpha value is -2.86. The average Bonchev–Trinajstić information content (AvgIpc) is 2.62. The zero-order valence-electron chi connectivity index (χ0n) is 14.5. The topological polar surface area (TPSA) is 72.9 Å². The highest BCUT2D eigenvalue weighted by atomic mass is 16.3. The molecule has 0 aliphatic carbocycles. The van der Waals surface area contributed by atoms with Crippen LogP contribution in [0, 0.1) is 0 Å². The van der Waals surface area contributed by atoms with E-state index in [0.717, 1.165) is 11.3 Å². The molecular formula is C19H23N3O3. The van der Waals surface area contributed by atoms with Gasteiger partial charge in [0.05, 0.1) is 6.61 Å². The summed E-state index contributed by atoms with van der Waals surface area (Å²) in [6.45, 7) is 0.164. The molecule has 2 aromatic rings. The van der Waals surface area contributed by atoms with E-state index in [1.165, 1.54) is 4.90 Å². The van der Waals surface area contributed by atoms with E-state index in [-0.39, 0.29) is 19.7 Å².